The first-order valence-corrected chi connectivity index (χ1v) is 8.14. The maximum absolute atomic E-state index is 12.6. The number of hydrogen-bond donors (Lipinski definition) is 0. The lowest BCUT2D eigenvalue weighted by atomic mass is 9.90. The van der Waals surface area contributed by atoms with Gasteiger partial charge in [0.1, 0.15) is 0 Å². The second-order valence-corrected chi connectivity index (χ2v) is 5.61. The van der Waals surface area contributed by atoms with E-state index in [0.29, 0.717) is 12.2 Å². The third kappa shape index (κ3) is 3.09. The molecular weight excluding hydrogens is 296 g/mol. The fourth-order valence-electron chi connectivity index (χ4n) is 2.97. The minimum absolute atomic E-state index is 0.272. The van der Waals surface area contributed by atoms with Gasteiger partial charge in [-0.15, -0.1) is 0 Å². The van der Waals surface area contributed by atoms with Gasteiger partial charge in [0.05, 0.1) is 12.2 Å². The zero-order chi connectivity index (χ0) is 16.9. The maximum atomic E-state index is 12.6. The van der Waals surface area contributed by atoms with Gasteiger partial charge in [-0.1, -0.05) is 72.8 Å². The summed E-state index contributed by atoms with van der Waals surface area (Å²) in [5, 5.41) is 0. The van der Waals surface area contributed by atoms with Crippen molar-refractivity contribution in [3.8, 4) is 22.3 Å². The minimum Gasteiger partial charge on any atom is -0.462 e. The third-order valence-electron chi connectivity index (χ3n) is 4.11. The molecule has 3 aromatic carbocycles. The molecule has 0 saturated heterocycles. The highest BCUT2D eigenvalue weighted by atomic mass is 16.5. The van der Waals surface area contributed by atoms with Crippen molar-refractivity contribution in [2.24, 2.45) is 0 Å². The highest BCUT2D eigenvalue weighted by Gasteiger charge is 2.19. The average molecular weight is 316 g/mol. The lowest BCUT2D eigenvalue weighted by Gasteiger charge is -2.16. The third-order valence-corrected chi connectivity index (χ3v) is 4.11. The fourth-order valence-corrected chi connectivity index (χ4v) is 2.97. The summed E-state index contributed by atoms with van der Waals surface area (Å²) in [4.78, 5) is 12.6. The van der Waals surface area contributed by atoms with Gasteiger partial charge in [-0.3, -0.25) is 0 Å². The molecule has 0 N–H and O–H groups in total. The van der Waals surface area contributed by atoms with Gasteiger partial charge in [0.2, 0.25) is 0 Å². The van der Waals surface area contributed by atoms with Crippen molar-refractivity contribution in [1.29, 1.82) is 0 Å². The van der Waals surface area contributed by atoms with Crippen LogP contribution >= 0.6 is 0 Å². The second kappa shape index (κ2) is 7.14. The highest BCUT2D eigenvalue weighted by Crippen LogP contribution is 2.33. The summed E-state index contributed by atoms with van der Waals surface area (Å²) >= 11 is 0. The molecule has 2 nitrogen and oxygen atoms in total. The van der Waals surface area contributed by atoms with Crippen molar-refractivity contribution in [3.05, 3.63) is 83.9 Å². The van der Waals surface area contributed by atoms with Crippen LogP contribution in [0.15, 0.2) is 72.8 Å². The molecule has 0 aliphatic heterocycles. The molecule has 0 radical (unpaired) electrons. The van der Waals surface area contributed by atoms with Crippen LogP contribution in [0.2, 0.25) is 0 Å². The van der Waals surface area contributed by atoms with E-state index in [1.165, 1.54) is 0 Å². The predicted octanol–water partition coefficient (Wildman–Crippen LogP) is 5.51. The topological polar surface area (TPSA) is 26.3 Å². The molecule has 3 aromatic rings. The van der Waals surface area contributed by atoms with E-state index in [9.17, 15) is 4.79 Å². The van der Waals surface area contributed by atoms with E-state index < -0.39 is 0 Å². The van der Waals surface area contributed by atoms with Gasteiger partial charge in [0.15, 0.2) is 0 Å². The molecule has 2 heteroatoms. The summed E-state index contributed by atoms with van der Waals surface area (Å²) in [6.07, 6.45) is 0. The Balaban J connectivity index is 2.21. The van der Waals surface area contributed by atoms with E-state index in [1.807, 2.05) is 68.4 Å². The average Bonchev–Trinajstić information content (AvgIpc) is 2.63. The van der Waals surface area contributed by atoms with Crippen LogP contribution in [0.25, 0.3) is 22.3 Å². The van der Waals surface area contributed by atoms with Gasteiger partial charge in [-0.2, -0.15) is 0 Å². The quantitative estimate of drug-likeness (QED) is 0.594. The molecule has 0 spiro atoms. The summed E-state index contributed by atoms with van der Waals surface area (Å²) < 4.78 is 5.32. The number of ether oxygens (including phenoxy) is 1. The Morgan fingerprint density at radius 2 is 1.29 bits per heavy atom. The Bertz CT molecular complexity index is 837. The number of carbonyl (C=O) groups excluding carboxylic acids is 1. The van der Waals surface area contributed by atoms with Gasteiger partial charge in [-0.05, 0) is 41.7 Å². The van der Waals surface area contributed by atoms with E-state index in [0.717, 1.165) is 27.8 Å². The molecule has 0 unspecified atom stereocenters. The van der Waals surface area contributed by atoms with Crippen molar-refractivity contribution >= 4 is 5.97 Å². The van der Waals surface area contributed by atoms with Gasteiger partial charge in [0.25, 0.3) is 0 Å². The zero-order valence-electron chi connectivity index (χ0n) is 14.0. The number of benzene rings is 3. The lowest BCUT2D eigenvalue weighted by Crippen LogP contribution is -2.09. The van der Waals surface area contributed by atoms with Crippen LogP contribution in [0.5, 0.6) is 0 Å². The monoisotopic (exact) mass is 316 g/mol. The molecule has 0 atom stereocenters. The molecule has 0 aromatic heterocycles. The van der Waals surface area contributed by atoms with E-state index in [-0.39, 0.29) is 5.97 Å². The Morgan fingerprint density at radius 1 is 0.792 bits per heavy atom. The van der Waals surface area contributed by atoms with E-state index in [4.69, 9.17) is 4.74 Å². The zero-order valence-corrected chi connectivity index (χ0v) is 14.0. The lowest BCUT2D eigenvalue weighted by molar-refractivity contribution is 0.0526. The van der Waals surface area contributed by atoms with Crippen molar-refractivity contribution < 1.29 is 9.53 Å². The second-order valence-electron chi connectivity index (χ2n) is 5.61. The summed E-state index contributed by atoms with van der Waals surface area (Å²) in [5.41, 5.74) is 5.67. The van der Waals surface area contributed by atoms with Crippen molar-refractivity contribution in [3.63, 3.8) is 0 Å². The molecule has 24 heavy (non-hydrogen) atoms. The van der Waals surface area contributed by atoms with Crippen LogP contribution in [-0.4, -0.2) is 12.6 Å². The first-order valence-electron chi connectivity index (χ1n) is 8.14. The Hall–Kier alpha value is -2.87. The standard InChI is InChI=1S/C22H20O2/c1-3-24-22(23)21-16(2)19(17-10-6-4-7-11-17)14-15-20(21)18-12-8-5-9-13-18/h4-15H,3H2,1-2H3. The van der Waals surface area contributed by atoms with Crippen LogP contribution in [0.4, 0.5) is 0 Å². The van der Waals surface area contributed by atoms with Gasteiger partial charge in [-0.25, -0.2) is 4.79 Å². The van der Waals surface area contributed by atoms with Crippen molar-refractivity contribution in [1.82, 2.24) is 0 Å². The van der Waals surface area contributed by atoms with Crippen molar-refractivity contribution in [2.75, 3.05) is 6.61 Å². The Morgan fingerprint density at radius 3 is 1.83 bits per heavy atom. The molecular formula is C22H20O2. The first kappa shape index (κ1) is 16.0. The molecule has 0 saturated carbocycles. The summed E-state index contributed by atoms with van der Waals surface area (Å²) in [6, 6.07) is 24.1. The van der Waals surface area contributed by atoms with Crippen LogP contribution < -0.4 is 0 Å². The smallest absolute Gasteiger partial charge is 0.339 e. The molecule has 0 bridgehead atoms. The van der Waals surface area contributed by atoms with Gasteiger partial charge < -0.3 is 4.74 Å². The molecule has 3 rings (SSSR count). The maximum Gasteiger partial charge on any atom is 0.339 e. The molecule has 0 heterocycles. The largest absolute Gasteiger partial charge is 0.462 e. The molecule has 0 fully saturated rings. The number of rotatable bonds is 4. The van der Waals surface area contributed by atoms with Gasteiger partial charge >= 0.3 is 5.97 Å². The number of esters is 1. The Labute approximate surface area is 142 Å². The van der Waals surface area contributed by atoms with E-state index in [2.05, 4.69) is 18.2 Å². The summed E-state index contributed by atoms with van der Waals surface area (Å²) in [7, 11) is 0. The number of hydrogen-bond acceptors (Lipinski definition) is 2. The van der Waals surface area contributed by atoms with Crippen LogP contribution in [0.3, 0.4) is 0 Å². The predicted molar refractivity (Wildman–Crippen MR) is 98.0 cm³/mol. The Kier molecular flexibility index (Phi) is 4.76. The van der Waals surface area contributed by atoms with Gasteiger partial charge in [0, 0.05) is 0 Å². The number of carbonyl (C=O) groups is 1. The van der Waals surface area contributed by atoms with Crippen LogP contribution in [0, 0.1) is 6.92 Å². The van der Waals surface area contributed by atoms with Crippen molar-refractivity contribution in [2.45, 2.75) is 13.8 Å². The SMILES string of the molecule is CCOC(=O)c1c(-c2ccccc2)ccc(-c2ccccc2)c1C. The first-order chi connectivity index (χ1) is 11.7. The van der Waals surface area contributed by atoms with E-state index >= 15 is 0 Å². The molecule has 120 valence electrons. The summed E-state index contributed by atoms with van der Waals surface area (Å²) in [5.74, 6) is -0.272. The fraction of sp³-hybridized carbons (Fsp3) is 0.136. The summed E-state index contributed by atoms with van der Waals surface area (Å²) in [6.45, 7) is 4.18. The van der Waals surface area contributed by atoms with E-state index in [1.54, 1.807) is 0 Å². The molecule has 0 aliphatic rings. The van der Waals surface area contributed by atoms with Crippen LogP contribution in [-0.2, 0) is 4.74 Å². The molecule has 0 aliphatic carbocycles. The van der Waals surface area contributed by atoms with Crippen LogP contribution in [0.1, 0.15) is 22.8 Å². The molecule has 0 amide bonds. The minimum atomic E-state index is -0.272. The highest BCUT2D eigenvalue weighted by molar-refractivity contribution is 6.01. The normalized spacial score (nSPS) is 10.4.